The standard InChI is InChI=1S/C21H17F2N5O3/c1-2-5-12-10-18(29)26-21(24-12)28-17(11-15(27-28)16-8-4-9-31-16)25-20(30)19-13(22)6-3-7-14(19)23/h3-4,6-11H,2,5H2,1H3,(H,25,30)(H,24,26,29). The number of H-pyrrole nitrogens is 1. The van der Waals surface area contributed by atoms with Gasteiger partial charge in [0.25, 0.3) is 11.5 Å². The molecule has 3 aromatic heterocycles. The van der Waals surface area contributed by atoms with Crippen molar-refractivity contribution >= 4 is 11.7 Å². The number of aromatic nitrogens is 4. The Hall–Kier alpha value is -4.08. The minimum Gasteiger partial charge on any atom is -0.463 e. The molecular weight excluding hydrogens is 408 g/mol. The van der Waals surface area contributed by atoms with Gasteiger partial charge < -0.3 is 9.73 Å². The number of carbonyl (C=O) groups is 1. The summed E-state index contributed by atoms with van der Waals surface area (Å²) >= 11 is 0. The number of aromatic amines is 1. The van der Waals surface area contributed by atoms with Crippen LogP contribution in [-0.2, 0) is 6.42 Å². The molecule has 10 heteroatoms. The molecule has 0 aliphatic heterocycles. The molecule has 0 bridgehead atoms. The van der Waals surface area contributed by atoms with E-state index in [1.807, 2.05) is 6.92 Å². The summed E-state index contributed by atoms with van der Waals surface area (Å²) in [5.41, 5.74) is -0.288. The zero-order chi connectivity index (χ0) is 22.0. The predicted molar refractivity (Wildman–Crippen MR) is 108 cm³/mol. The number of halogens is 2. The van der Waals surface area contributed by atoms with E-state index in [0.29, 0.717) is 23.6 Å². The Balaban J connectivity index is 1.80. The van der Waals surface area contributed by atoms with E-state index in [1.54, 1.807) is 12.1 Å². The molecule has 0 spiro atoms. The van der Waals surface area contributed by atoms with Crippen molar-refractivity contribution in [3.8, 4) is 17.4 Å². The summed E-state index contributed by atoms with van der Waals surface area (Å²) in [6.45, 7) is 1.94. The Labute approximate surface area is 174 Å². The molecule has 31 heavy (non-hydrogen) atoms. The van der Waals surface area contributed by atoms with Gasteiger partial charge in [0.15, 0.2) is 5.76 Å². The van der Waals surface area contributed by atoms with Gasteiger partial charge in [-0.3, -0.25) is 14.6 Å². The van der Waals surface area contributed by atoms with Gasteiger partial charge in [-0.2, -0.15) is 9.78 Å². The maximum atomic E-state index is 14.0. The van der Waals surface area contributed by atoms with Gasteiger partial charge in [0.1, 0.15) is 28.7 Å². The van der Waals surface area contributed by atoms with E-state index < -0.39 is 28.7 Å². The number of carbonyl (C=O) groups excluding carboxylic acids is 1. The number of amides is 1. The fourth-order valence-electron chi connectivity index (χ4n) is 3.05. The molecule has 0 saturated carbocycles. The molecule has 0 aliphatic carbocycles. The summed E-state index contributed by atoms with van der Waals surface area (Å²) in [4.78, 5) is 31.7. The quantitative estimate of drug-likeness (QED) is 0.490. The number of nitrogens with one attached hydrogen (secondary N) is 2. The van der Waals surface area contributed by atoms with Crippen molar-refractivity contribution in [2.45, 2.75) is 19.8 Å². The maximum absolute atomic E-state index is 14.0. The first-order valence-corrected chi connectivity index (χ1v) is 9.46. The smallest absolute Gasteiger partial charge is 0.262 e. The summed E-state index contributed by atoms with van der Waals surface area (Å²) < 4.78 is 34.6. The van der Waals surface area contributed by atoms with Gasteiger partial charge in [0.05, 0.1) is 6.26 Å². The lowest BCUT2D eigenvalue weighted by Crippen LogP contribution is -2.20. The third kappa shape index (κ3) is 4.13. The molecule has 0 saturated heterocycles. The van der Waals surface area contributed by atoms with Crippen LogP contribution in [0.2, 0.25) is 0 Å². The molecule has 0 fully saturated rings. The third-order valence-corrected chi connectivity index (χ3v) is 4.40. The van der Waals surface area contributed by atoms with Crippen LogP contribution in [0.25, 0.3) is 17.4 Å². The van der Waals surface area contributed by atoms with Crippen molar-refractivity contribution in [1.82, 2.24) is 19.7 Å². The van der Waals surface area contributed by atoms with Crippen molar-refractivity contribution in [2.75, 3.05) is 5.32 Å². The second-order valence-electron chi connectivity index (χ2n) is 6.67. The summed E-state index contributed by atoms with van der Waals surface area (Å²) in [6, 6.07) is 9.25. The van der Waals surface area contributed by atoms with Crippen LogP contribution in [0.4, 0.5) is 14.6 Å². The van der Waals surface area contributed by atoms with Crippen molar-refractivity contribution < 1.29 is 18.0 Å². The number of anilines is 1. The topological polar surface area (TPSA) is 106 Å². The van der Waals surface area contributed by atoms with E-state index in [0.717, 1.165) is 24.6 Å². The van der Waals surface area contributed by atoms with Gasteiger partial charge in [-0.15, -0.1) is 0 Å². The molecule has 0 aliphatic rings. The lowest BCUT2D eigenvalue weighted by Gasteiger charge is -2.10. The summed E-state index contributed by atoms with van der Waals surface area (Å²) in [5.74, 6) is -2.57. The van der Waals surface area contributed by atoms with Gasteiger partial charge in [0, 0.05) is 17.8 Å². The molecule has 4 rings (SSSR count). The van der Waals surface area contributed by atoms with Crippen molar-refractivity contribution in [3.05, 3.63) is 82.0 Å². The summed E-state index contributed by atoms with van der Waals surface area (Å²) in [6.07, 6.45) is 2.78. The Kier molecular flexibility index (Phi) is 5.44. The van der Waals surface area contributed by atoms with Crippen molar-refractivity contribution in [3.63, 3.8) is 0 Å². The zero-order valence-corrected chi connectivity index (χ0v) is 16.4. The number of furan rings is 1. The number of hydrogen-bond donors (Lipinski definition) is 2. The van der Waals surface area contributed by atoms with Crippen molar-refractivity contribution in [2.24, 2.45) is 0 Å². The normalized spacial score (nSPS) is 10.9. The molecule has 8 nitrogen and oxygen atoms in total. The van der Waals surface area contributed by atoms with E-state index in [4.69, 9.17) is 4.42 Å². The third-order valence-electron chi connectivity index (χ3n) is 4.40. The molecule has 3 heterocycles. The van der Waals surface area contributed by atoms with E-state index in [-0.39, 0.29) is 11.8 Å². The van der Waals surface area contributed by atoms with Crippen molar-refractivity contribution in [1.29, 1.82) is 0 Å². The fraction of sp³-hybridized carbons (Fsp3) is 0.143. The Morgan fingerprint density at radius 2 is 1.97 bits per heavy atom. The molecule has 2 N–H and O–H groups in total. The largest absolute Gasteiger partial charge is 0.463 e. The molecule has 0 atom stereocenters. The highest BCUT2D eigenvalue weighted by molar-refractivity contribution is 6.04. The SMILES string of the molecule is CCCc1cc(=O)[nH]c(-n2nc(-c3ccco3)cc2NC(=O)c2c(F)cccc2F)n1. The first-order chi connectivity index (χ1) is 15.0. The number of hydrogen-bond acceptors (Lipinski definition) is 5. The van der Waals surface area contributed by atoms with Gasteiger partial charge in [-0.05, 0) is 30.7 Å². The predicted octanol–water partition coefficient (Wildman–Crippen LogP) is 3.70. The van der Waals surface area contributed by atoms with E-state index in [1.165, 1.54) is 23.1 Å². The van der Waals surface area contributed by atoms with Gasteiger partial charge >= 0.3 is 0 Å². The first kappa shape index (κ1) is 20.2. The molecule has 0 radical (unpaired) electrons. The summed E-state index contributed by atoms with van der Waals surface area (Å²) in [7, 11) is 0. The average molecular weight is 425 g/mol. The van der Waals surface area contributed by atoms with Gasteiger partial charge in [-0.1, -0.05) is 19.4 Å². The number of nitrogens with zero attached hydrogens (tertiary/aromatic N) is 3. The maximum Gasteiger partial charge on any atom is 0.262 e. The van der Waals surface area contributed by atoms with Crippen LogP contribution in [0, 0.1) is 11.6 Å². The van der Waals surface area contributed by atoms with Crippen LogP contribution in [0.1, 0.15) is 29.4 Å². The van der Waals surface area contributed by atoms with Crippen LogP contribution < -0.4 is 10.9 Å². The second-order valence-corrected chi connectivity index (χ2v) is 6.67. The first-order valence-electron chi connectivity index (χ1n) is 9.46. The highest BCUT2D eigenvalue weighted by Gasteiger charge is 2.21. The second kappa shape index (κ2) is 8.34. The average Bonchev–Trinajstić information content (AvgIpc) is 3.37. The molecule has 0 unspecified atom stereocenters. The lowest BCUT2D eigenvalue weighted by molar-refractivity contribution is 0.101. The van der Waals surface area contributed by atoms with Crippen LogP contribution in [0.15, 0.2) is 57.9 Å². The molecule has 1 amide bonds. The van der Waals surface area contributed by atoms with Gasteiger partial charge in [0.2, 0.25) is 5.95 Å². The van der Waals surface area contributed by atoms with Crippen LogP contribution in [-0.4, -0.2) is 25.7 Å². The van der Waals surface area contributed by atoms with E-state index in [9.17, 15) is 18.4 Å². The number of benzene rings is 1. The van der Waals surface area contributed by atoms with Crippen LogP contribution in [0.5, 0.6) is 0 Å². The molecule has 4 aromatic rings. The van der Waals surface area contributed by atoms with Crippen LogP contribution in [0.3, 0.4) is 0 Å². The number of aryl methyl sites for hydroxylation is 1. The molecule has 158 valence electrons. The van der Waals surface area contributed by atoms with E-state index >= 15 is 0 Å². The monoisotopic (exact) mass is 425 g/mol. The molecule has 1 aromatic carbocycles. The highest BCUT2D eigenvalue weighted by atomic mass is 19.1. The summed E-state index contributed by atoms with van der Waals surface area (Å²) in [5, 5.41) is 6.78. The number of rotatable bonds is 6. The minimum absolute atomic E-state index is 0.0378. The Morgan fingerprint density at radius 1 is 1.19 bits per heavy atom. The lowest BCUT2D eigenvalue weighted by atomic mass is 10.2. The van der Waals surface area contributed by atoms with E-state index in [2.05, 4.69) is 20.4 Å². The highest BCUT2D eigenvalue weighted by Crippen LogP contribution is 2.25. The Bertz CT molecular complexity index is 1270. The Morgan fingerprint density at radius 3 is 2.65 bits per heavy atom. The van der Waals surface area contributed by atoms with Crippen LogP contribution >= 0.6 is 0 Å². The molecular formula is C21H17F2N5O3. The fourth-order valence-corrected chi connectivity index (χ4v) is 3.05. The zero-order valence-electron chi connectivity index (χ0n) is 16.4. The minimum atomic E-state index is -1.02. The van der Waals surface area contributed by atoms with Gasteiger partial charge in [-0.25, -0.2) is 13.8 Å².